The Morgan fingerprint density at radius 2 is 2.18 bits per heavy atom. The second-order valence-corrected chi connectivity index (χ2v) is 5.02. The van der Waals surface area contributed by atoms with Crippen LogP contribution in [-0.4, -0.2) is 25.1 Å². The molecule has 1 aromatic carbocycles. The number of hydrogen-bond donors (Lipinski definition) is 1. The van der Waals surface area contributed by atoms with Crippen LogP contribution in [0.5, 0.6) is 0 Å². The predicted octanol–water partition coefficient (Wildman–Crippen LogP) is 2.86. The van der Waals surface area contributed by atoms with Crippen molar-refractivity contribution in [2.24, 2.45) is 5.73 Å². The van der Waals surface area contributed by atoms with Crippen LogP contribution in [0.2, 0.25) is 0 Å². The second kappa shape index (κ2) is 6.87. The first kappa shape index (κ1) is 14.3. The summed E-state index contributed by atoms with van der Waals surface area (Å²) in [6.45, 7) is 2.54. The Hall–Kier alpha value is -0.740. The van der Waals surface area contributed by atoms with Crippen molar-refractivity contribution < 1.29 is 4.39 Å². The van der Waals surface area contributed by atoms with E-state index >= 15 is 0 Å². The van der Waals surface area contributed by atoms with Gasteiger partial charge in [-0.2, -0.15) is 11.8 Å². The molecule has 0 saturated heterocycles. The Morgan fingerprint density at radius 1 is 1.47 bits per heavy atom. The van der Waals surface area contributed by atoms with Gasteiger partial charge in [0.25, 0.3) is 0 Å². The van der Waals surface area contributed by atoms with Gasteiger partial charge in [0.2, 0.25) is 0 Å². The third-order valence-corrected chi connectivity index (χ3v) is 3.74. The lowest BCUT2D eigenvalue weighted by molar-refractivity contribution is 0.622. The van der Waals surface area contributed by atoms with Crippen LogP contribution in [0.1, 0.15) is 18.9 Å². The van der Waals surface area contributed by atoms with Gasteiger partial charge in [0.15, 0.2) is 0 Å². The average Bonchev–Trinajstić information content (AvgIpc) is 2.34. The molecular weight excluding hydrogens is 235 g/mol. The summed E-state index contributed by atoms with van der Waals surface area (Å²) in [5.41, 5.74) is 7.58. The molecule has 0 bridgehead atoms. The summed E-state index contributed by atoms with van der Waals surface area (Å²) >= 11 is 1.83. The molecule has 1 rings (SSSR count). The summed E-state index contributed by atoms with van der Waals surface area (Å²) in [4.78, 5) is 2.21. The van der Waals surface area contributed by atoms with E-state index in [4.69, 9.17) is 5.73 Å². The van der Waals surface area contributed by atoms with Crippen molar-refractivity contribution in [2.75, 3.05) is 24.0 Å². The Balaban J connectivity index is 2.97. The molecule has 0 radical (unpaired) electrons. The molecule has 0 aromatic heterocycles. The monoisotopic (exact) mass is 256 g/mol. The van der Waals surface area contributed by atoms with Gasteiger partial charge < -0.3 is 10.6 Å². The molecule has 0 aliphatic rings. The molecular formula is C13H21FN2S. The van der Waals surface area contributed by atoms with Gasteiger partial charge in [0, 0.05) is 31.1 Å². The molecule has 4 heteroatoms. The first-order chi connectivity index (χ1) is 8.13. The van der Waals surface area contributed by atoms with Crippen LogP contribution in [0.4, 0.5) is 10.1 Å². The van der Waals surface area contributed by atoms with Crippen molar-refractivity contribution in [3.05, 3.63) is 29.6 Å². The van der Waals surface area contributed by atoms with E-state index < -0.39 is 0 Å². The van der Waals surface area contributed by atoms with Crippen LogP contribution in [0.15, 0.2) is 18.2 Å². The molecule has 0 heterocycles. The molecule has 17 heavy (non-hydrogen) atoms. The van der Waals surface area contributed by atoms with Crippen LogP contribution in [0, 0.1) is 5.82 Å². The summed E-state index contributed by atoms with van der Waals surface area (Å²) in [7, 11) is 2.05. The van der Waals surface area contributed by atoms with Crippen LogP contribution in [0.3, 0.4) is 0 Å². The number of thioether (sulfide) groups is 1. The third-order valence-electron chi connectivity index (χ3n) is 3.02. The average molecular weight is 256 g/mol. The van der Waals surface area contributed by atoms with E-state index in [1.807, 2.05) is 17.8 Å². The minimum atomic E-state index is -0.222. The normalized spacial score (nSPS) is 12.5. The molecule has 0 aliphatic carbocycles. The largest absolute Gasteiger partial charge is 0.371 e. The topological polar surface area (TPSA) is 29.3 Å². The SMILES string of the molecule is CCC(CSC)N(C)c1ccc(F)cc1CN. The highest BCUT2D eigenvalue weighted by molar-refractivity contribution is 7.98. The maximum absolute atomic E-state index is 13.2. The highest BCUT2D eigenvalue weighted by atomic mass is 32.2. The van der Waals surface area contributed by atoms with Gasteiger partial charge in [0.05, 0.1) is 0 Å². The zero-order valence-corrected chi connectivity index (χ0v) is 11.6. The number of rotatable bonds is 6. The lowest BCUT2D eigenvalue weighted by atomic mass is 10.1. The number of anilines is 1. The molecule has 2 nitrogen and oxygen atoms in total. The zero-order valence-electron chi connectivity index (χ0n) is 10.7. The number of benzene rings is 1. The van der Waals surface area contributed by atoms with Crippen LogP contribution in [-0.2, 0) is 6.54 Å². The Morgan fingerprint density at radius 3 is 2.71 bits per heavy atom. The lowest BCUT2D eigenvalue weighted by Crippen LogP contribution is -2.34. The Kier molecular flexibility index (Phi) is 5.78. The molecule has 0 amide bonds. The van der Waals surface area contributed by atoms with E-state index in [0.29, 0.717) is 12.6 Å². The lowest BCUT2D eigenvalue weighted by Gasteiger charge is -2.30. The minimum absolute atomic E-state index is 0.222. The predicted molar refractivity (Wildman–Crippen MR) is 75.2 cm³/mol. The molecule has 1 unspecified atom stereocenters. The fraction of sp³-hybridized carbons (Fsp3) is 0.538. The highest BCUT2D eigenvalue weighted by Crippen LogP contribution is 2.24. The van der Waals surface area contributed by atoms with Gasteiger partial charge in [-0.3, -0.25) is 0 Å². The molecule has 96 valence electrons. The molecule has 1 atom stereocenters. The first-order valence-corrected chi connectivity index (χ1v) is 7.23. The van der Waals surface area contributed by atoms with E-state index in [9.17, 15) is 4.39 Å². The van der Waals surface area contributed by atoms with E-state index in [1.54, 1.807) is 0 Å². The van der Waals surface area contributed by atoms with E-state index in [-0.39, 0.29) is 5.82 Å². The van der Waals surface area contributed by atoms with Crippen molar-refractivity contribution in [1.29, 1.82) is 0 Å². The van der Waals surface area contributed by atoms with Gasteiger partial charge >= 0.3 is 0 Å². The van der Waals surface area contributed by atoms with Crippen LogP contribution in [0.25, 0.3) is 0 Å². The van der Waals surface area contributed by atoms with Crippen molar-refractivity contribution in [3.63, 3.8) is 0 Å². The first-order valence-electron chi connectivity index (χ1n) is 5.84. The standard InChI is InChI=1S/C13H21FN2S/c1-4-12(9-17-3)16(2)13-6-5-11(14)7-10(13)8-15/h5-7,12H,4,8-9,15H2,1-3H3. The fourth-order valence-corrected chi connectivity index (χ4v) is 2.80. The minimum Gasteiger partial charge on any atom is -0.371 e. The van der Waals surface area contributed by atoms with Crippen LogP contribution >= 0.6 is 11.8 Å². The van der Waals surface area contributed by atoms with Gasteiger partial charge in [-0.15, -0.1) is 0 Å². The maximum atomic E-state index is 13.2. The zero-order chi connectivity index (χ0) is 12.8. The van der Waals surface area contributed by atoms with E-state index in [2.05, 4.69) is 25.1 Å². The number of nitrogens with zero attached hydrogens (tertiary/aromatic N) is 1. The Labute approximate surface area is 107 Å². The second-order valence-electron chi connectivity index (χ2n) is 4.11. The summed E-state index contributed by atoms with van der Waals surface area (Å²) in [6, 6.07) is 5.30. The highest BCUT2D eigenvalue weighted by Gasteiger charge is 2.15. The van der Waals surface area contributed by atoms with Gasteiger partial charge in [-0.05, 0) is 36.4 Å². The van der Waals surface area contributed by atoms with Crippen LogP contribution < -0.4 is 10.6 Å². The Bertz CT molecular complexity index is 357. The van der Waals surface area contributed by atoms with Gasteiger partial charge in [0.1, 0.15) is 5.82 Å². The van der Waals surface area contributed by atoms with Gasteiger partial charge in [-0.25, -0.2) is 4.39 Å². The van der Waals surface area contributed by atoms with Crippen molar-refractivity contribution in [3.8, 4) is 0 Å². The van der Waals surface area contributed by atoms with Crippen molar-refractivity contribution in [2.45, 2.75) is 25.9 Å². The summed E-state index contributed by atoms with van der Waals surface area (Å²) in [5, 5.41) is 0. The molecule has 0 saturated carbocycles. The van der Waals surface area contributed by atoms with E-state index in [1.165, 1.54) is 12.1 Å². The third kappa shape index (κ3) is 3.61. The molecule has 1 aromatic rings. The molecule has 0 spiro atoms. The van der Waals surface area contributed by atoms with Crippen molar-refractivity contribution >= 4 is 17.4 Å². The molecule has 2 N–H and O–H groups in total. The summed E-state index contributed by atoms with van der Waals surface area (Å²) in [5.74, 6) is 0.842. The maximum Gasteiger partial charge on any atom is 0.123 e. The van der Waals surface area contributed by atoms with Crippen molar-refractivity contribution in [1.82, 2.24) is 0 Å². The molecule has 0 fully saturated rings. The smallest absolute Gasteiger partial charge is 0.123 e. The summed E-state index contributed by atoms with van der Waals surface area (Å²) < 4.78 is 13.2. The number of nitrogens with two attached hydrogens (primary N) is 1. The summed E-state index contributed by atoms with van der Waals surface area (Å²) in [6.07, 6.45) is 3.17. The number of hydrogen-bond acceptors (Lipinski definition) is 3. The molecule has 0 aliphatic heterocycles. The van der Waals surface area contributed by atoms with E-state index in [0.717, 1.165) is 23.4 Å². The van der Waals surface area contributed by atoms with Gasteiger partial charge in [-0.1, -0.05) is 6.92 Å². The quantitative estimate of drug-likeness (QED) is 0.848. The fourth-order valence-electron chi connectivity index (χ4n) is 1.95. The number of halogens is 1.